The first kappa shape index (κ1) is 11.4. The van der Waals surface area contributed by atoms with Crippen molar-refractivity contribution in [3.63, 3.8) is 0 Å². The number of nitrogens with zero attached hydrogens (tertiary/aromatic N) is 1. The monoisotopic (exact) mass is 188 g/mol. The molecule has 6 nitrogen and oxygen atoms in total. The number of nitrogens with one attached hydrogen (secondary N) is 1. The largest absolute Gasteiger partial charge is 0.474 e. The summed E-state index contributed by atoms with van der Waals surface area (Å²) >= 11 is 0. The minimum Gasteiger partial charge on any atom is -0.474 e. The van der Waals surface area contributed by atoms with Gasteiger partial charge in [0.15, 0.2) is 0 Å². The SMILES string of the molecule is CCN(CC(=O)NC)C(=O)C(=O)O. The Hall–Kier alpha value is -1.59. The molecule has 0 fully saturated rings. The van der Waals surface area contributed by atoms with Gasteiger partial charge in [-0.15, -0.1) is 0 Å². The van der Waals surface area contributed by atoms with Crippen LogP contribution in [0, 0.1) is 0 Å². The Labute approximate surface area is 75.5 Å². The number of aliphatic carboxylic acids is 1. The summed E-state index contributed by atoms with van der Waals surface area (Å²) in [6.45, 7) is 1.57. The first-order valence-corrected chi connectivity index (χ1v) is 3.75. The van der Waals surface area contributed by atoms with Crippen molar-refractivity contribution in [1.82, 2.24) is 10.2 Å². The molecule has 0 unspecified atom stereocenters. The van der Waals surface area contributed by atoms with Gasteiger partial charge < -0.3 is 15.3 Å². The van der Waals surface area contributed by atoms with Crippen LogP contribution >= 0.6 is 0 Å². The summed E-state index contributed by atoms with van der Waals surface area (Å²) in [6, 6.07) is 0. The van der Waals surface area contributed by atoms with Crippen LogP contribution in [0.4, 0.5) is 0 Å². The molecule has 0 atom stereocenters. The Morgan fingerprint density at radius 2 is 1.92 bits per heavy atom. The fraction of sp³-hybridized carbons (Fsp3) is 0.571. The van der Waals surface area contributed by atoms with E-state index in [0.29, 0.717) is 0 Å². The van der Waals surface area contributed by atoms with Crippen molar-refractivity contribution in [2.24, 2.45) is 0 Å². The number of hydrogen-bond acceptors (Lipinski definition) is 3. The Balaban J connectivity index is 4.26. The minimum atomic E-state index is -1.55. The van der Waals surface area contributed by atoms with Crippen LogP contribution in [0.2, 0.25) is 0 Å². The zero-order chi connectivity index (χ0) is 10.4. The quantitative estimate of drug-likeness (QED) is 0.537. The fourth-order valence-corrected chi connectivity index (χ4v) is 0.715. The Bertz CT molecular complexity index is 227. The lowest BCUT2D eigenvalue weighted by molar-refractivity contribution is -0.156. The molecular formula is C7H12N2O4. The van der Waals surface area contributed by atoms with Gasteiger partial charge >= 0.3 is 11.9 Å². The molecule has 0 aliphatic heterocycles. The molecule has 0 spiro atoms. The van der Waals surface area contributed by atoms with Crippen LogP contribution in [0.15, 0.2) is 0 Å². The molecule has 0 radical (unpaired) electrons. The van der Waals surface area contributed by atoms with E-state index in [-0.39, 0.29) is 13.1 Å². The van der Waals surface area contributed by atoms with E-state index < -0.39 is 17.8 Å². The molecule has 0 aromatic rings. The maximum Gasteiger partial charge on any atom is 0.394 e. The van der Waals surface area contributed by atoms with E-state index in [1.54, 1.807) is 6.92 Å². The van der Waals surface area contributed by atoms with Gasteiger partial charge in [-0.3, -0.25) is 9.59 Å². The number of amides is 2. The predicted octanol–water partition coefficient (Wildman–Crippen LogP) is -1.33. The molecule has 0 aliphatic rings. The van der Waals surface area contributed by atoms with E-state index >= 15 is 0 Å². The molecule has 0 heterocycles. The van der Waals surface area contributed by atoms with E-state index in [2.05, 4.69) is 5.32 Å². The third-order valence-electron chi connectivity index (χ3n) is 1.47. The molecule has 0 saturated carbocycles. The summed E-state index contributed by atoms with van der Waals surface area (Å²) in [7, 11) is 1.42. The second-order valence-electron chi connectivity index (χ2n) is 2.30. The summed E-state index contributed by atoms with van der Waals surface area (Å²) in [6.07, 6.45) is 0. The number of likely N-dealkylation sites (N-methyl/N-ethyl adjacent to an activating group) is 2. The standard InChI is InChI=1S/C7H12N2O4/c1-3-9(4-5(10)8-2)6(11)7(12)13/h3-4H2,1-2H3,(H,8,10)(H,12,13). The van der Waals surface area contributed by atoms with Crippen molar-refractivity contribution >= 4 is 17.8 Å². The molecule has 6 heteroatoms. The second-order valence-corrected chi connectivity index (χ2v) is 2.30. The highest BCUT2D eigenvalue weighted by Gasteiger charge is 2.20. The molecule has 0 rings (SSSR count). The average Bonchev–Trinajstić information content (AvgIpc) is 2.12. The zero-order valence-corrected chi connectivity index (χ0v) is 7.53. The first-order valence-electron chi connectivity index (χ1n) is 3.75. The number of hydrogen-bond donors (Lipinski definition) is 2. The fourth-order valence-electron chi connectivity index (χ4n) is 0.715. The smallest absolute Gasteiger partial charge is 0.394 e. The van der Waals surface area contributed by atoms with Crippen molar-refractivity contribution in [2.75, 3.05) is 20.1 Å². The summed E-state index contributed by atoms with van der Waals surface area (Å²) in [4.78, 5) is 32.9. The van der Waals surface area contributed by atoms with Crippen LogP contribution in [0.25, 0.3) is 0 Å². The lowest BCUT2D eigenvalue weighted by Crippen LogP contribution is -2.42. The third kappa shape index (κ3) is 3.55. The van der Waals surface area contributed by atoms with Crippen LogP contribution in [0.5, 0.6) is 0 Å². The Morgan fingerprint density at radius 3 is 2.23 bits per heavy atom. The van der Waals surface area contributed by atoms with Crippen LogP contribution in [-0.2, 0) is 14.4 Å². The van der Waals surface area contributed by atoms with Gasteiger partial charge in [-0.05, 0) is 6.92 Å². The lowest BCUT2D eigenvalue weighted by atomic mass is 10.4. The Kier molecular flexibility index (Phi) is 4.50. The highest BCUT2D eigenvalue weighted by molar-refractivity contribution is 6.31. The van der Waals surface area contributed by atoms with Crippen molar-refractivity contribution < 1.29 is 19.5 Å². The van der Waals surface area contributed by atoms with Crippen LogP contribution < -0.4 is 5.32 Å². The topological polar surface area (TPSA) is 86.7 Å². The molecule has 0 aliphatic carbocycles. The summed E-state index contributed by atoms with van der Waals surface area (Å²) in [5.41, 5.74) is 0. The number of rotatable bonds is 3. The molecule has 2 amide bonds. The van der Waals surface area contributed by atoms with Gasteiger partial charge in [0.2, 0.25) is 5.91 Å². The van der Waals surface area contributed by atoms with Crippen molar-refractivity contribution in [2.45, 2.75) is 6.92 Å². The number of carbonyl (C=O) groups excluding carboxylic acids is 2. The average molecular weight is 188 g/mol. The number of carbonyl (C=O) groups is 3. The van der Waals surface area contributed by atoms with Gasteiger partial charge in [0.25, 0.3) is 0 Å². The van der Waals surface area contributed by atoms with E-state index in [1.807, 2.05) is 0 Å². The van der Waals surface area contributed by atoms with E-state index in [9.17, 15) is 14.4 Å². The van der Waals surface area contributed by atoms with E-state index in [0.717, 1.165) is 4.90 Å². The van der Waals surface area contributed by atoms with Gasteiger partial charge in [-0.25, -0.2) is 4.79 Å². The van der Waals surface area contributed by atoms with E-state index in [4.69, 9.17) is 5.11 Å². The predicted molar refractivity (Wildman–Crippen MR) is 44.0 cm³/mol. The molecule has 0 saturated heterocycles. The molecule has 0 bridgehead atoms. The number of carboxylic acid groups (broad SMARTS) is 1. The van der Waals surface area contributed by atoms with Crippen molar-refractivity contribution in [3.05, 3.63) is 0 Å². The van der Waals surface area contributed by atoms with Crippen molar-refractivity contribution in [1.29, 1.82) is 0 Å². The number of carboxylic acids is 1. The van der Waals surface area contributed by atoms with Gasteiger partial charge in [0.05, 0.1) is 0 Å². The third-order valence-corrected chi connectivity index (χ3v) is 1.47. The van der Waals surface area contributed by atoms with Crippen LogP contribution in [0.1, 0.15) is 6.92 Å². The Morgan fingerprint density at radius 1 is 1.38 bits per heavy atom. The molecular weight excluding hydrogens is 176 g/mol. The normalized spacial score (nSPS) is 9.08. The summed E-state index contributed by atoms with van der Waals surface area (Å²) < 4.78 is 0. The van der Waals surface area contributed by atoms with Gasteiger partial charge in [0.1, 0.15) is 6.54 Å². The van der Waals surface area contributed by atoms with Gasteiger partial charge in [0, 0.05) is 13.6 Å². The molecule has 0 aromatic carbocycles. The highest BCUT2D eigenvalue weighted by atomic mass is 16.4. The molecule has 0 aromatic heterocycles. The van der Waals surface area contributed by atoms with E-state index in [1.165, 1.54) is 7.05 Å². The minimum absolute atomic E-state index is 0.193. The molecule has 13 heavy (non-hydrogen) atoms. The lowest BCUT2D eigenvalue weighted by Gasteiger charge is -2.16. The second kappa shape index (κ2) is 5.13. The van der Waals surface area contributed by atoms with Crippen LogP contribution in [0.3, 0.4) is 0 Å². The maximum atomic E-state index is 10.9. The van der Waals surface area contributed by atoms with Gasteiger partial charge in [-0.1, -0.05) is 0 Å². The van der Waals surface area contributed by atoms with Crippen LogP contribution in [-0.4, -0.2) is 47.9 Å². The molecule has 2 N–H and O–H groups in total. The molecule has 74 valence electrons. The first-order chi connectivity index (χ1) is 6.02. The summed E-state index contributed by atoms with van der Waals surface area (Å²) in [5.74, 6) is -3.01. The zero-order valence-electron chi connectivity index (χ0n) is 7.53. The summed E-state index contributed by atoms with van der Waals surface area (Å²) in [5, 5.41) is 10.6. The van der Waals surface area contributed by atoms with Gasteiger partial charge in [-0.2, -0.15) is 0 Å². The highest BCUT2D eigenvalue weighted by Crippen LogP contribution is 1.89. The maximum absolute atomic E-state index is 10.9. The van der Waals surface area contributed by atoms with Crippen molar-refractivity contribution in [3.8, 4) is 0 Å².